The van der Waals surface area contributed by atoms with Crippen LogP contribution in [0.3, 0.4) is 0 Å². The summed E-state index contributed by atoms with van der Waals surface area (Å²) < 4.78 is 0. The van der Waals surface area contributed by atoms with Crippen LogP contribution in [-0.4, -0.2) is 29.4 Å². The Morgan fingerprint density at radius 3 is 2.50 bits per heavy atom. The number of benzene rings is 1. The molecule has 1 amide bonds. The molecular weight excluding hydrogens is 300 g/mol. The molecule has 0 aromatic heterocycles. The van der Waals surface area contributed by atoms with Crippen LogP contribution in [0.2, 0.25) is 0 Å². The van der Waals surface area contributed by atoms with E-state index in [9.17, 15) is 4.79 Å². The molecule has 1 aliphatic heterocycles. The first-order valence-electron chi connectivity index (χ1n) is 9.13. The van der Waals surface area contributed by atoms with Crippen LogP contribution in [0.25, 0.3) is 0 Å². The van der Waals surface area contributed by atoms with Crippen molar-refractivity contribution < 1.29 is 4.79 Å². The van der Waals surface area contributed by atoms with Gasteiger partial charge in [-0.15, -0.1) is 0 Å². The Balaban J connectivity index is 1.48. The molecule has 0 spiro atoms. The Morgan fingerprint density at radius 2 is 1.83 bits per heavy atom. The van der Waals surface area contributed by atoms with E-state index in [0.29, 0.717) is 31.5 Å². The van der Waals surface area contributed by atoms with E-state index in [-0.39, 0.29) is 5.91 Å². The van der Waals surface area contributed by atoms with Crippen molar-refractivity contribution in [3.05, 3.63) is 35.4 Å². The first-order valence-corrected chi connectivity index (χ1v) is 9.13. The number of carbonyl (C=O) groups excluding carboxylic acids is 1. The fourth-order valence-electron chi connectivity index (χ4n) is 3.52. The van der Waals surface area contributed by atoms with Crippen molar-refractivity contribution in [2.45, 2.75) is 64.1 Å². The number of nitrogens with one attached hydrogen (secondary N) is 1. The molecule has 1 saturated carbocycles. The minimum atomic E-state index is 0.269. The van der Waals surface area contributed by atoms with Crippen LogP contribution in [0.1, 0.15) is 56.1 Å². The minimum Gasteiger partial charge on any atom is -0.370 e. The van der Waals surface area contributed by atoms with Crippen LogP contribution < -0.4 is 11.1 Å². The number of carbonyl (C=O) groups is 1. The zero-order chi connectivity index (χ0) is 16.8. The first kappa shape index (κ1) is 16.8. The second kappa shape index (κ2) is 8.18. The van der Waals surface area contributed by atoms with Gasteiger partial charge in [0.2, 0.25) is 5.91 Å². The zero-order valence-electron chi connectivity index (χ0n) is 14.3. The zero-order valence-corrected chi connectivity index (χ0v) is 14.3. The quantitative estimate of drug-likeness (QED) is 0.644. The molecule has 2 aliphatic rings. The summed E-state index contributed by atoms with van der Waals surface area (Å²) in [7, 11) is 0. The molecule has 1 saturated heterocycles. The molecule has 5 nitrogen and oxygen atoms in total. The topological polar surface area (TPSA) is 70.7 Å². The Hall–Kier alpha value is -2.04. The van der Waals surface area contributed by atoms with E-state index in [4.69, 9.17) is 5.73 Å². The smallest absolute Gasteiger partial charge is 0.222 e. The molecule has 3 rings (SSSR count). The minimum absolute atomic E-state index is 0.269. The third kappa shape index (κ3) is 4.73. The molecule has 0 unspecified atom stereocenters. The molecule has 0 bridgehead atoms. The van der Waals surface area contributed by atoms with E-state index in [1.165, 1.54) is 37.7 Å². The normalized spacial score (nSPS) is 19.8. The molecule has 0 radical (unpaired) electrons. The van der Waals surface area contributed by atoms with Crippen molar-refractivity contribution in [2.75, 3.05) is 6.54 Å². The lowest BCUT2D eigenvalue weighted by Gasteiger charge is -2.23. The largest absolute Gasteiger partial charge is 0.370 e. The van der Waals surface area contributed by atoms with E-state index in [2.05, 4.69) is 34.6 Å². The van der Waals surface area contributed by atoms with E-state index in [1.807, 2.05) is 4.90 Å². The maximum Gasteiger partial charge on any atom is 0.222 e. The summed E-state index contributed by atoms with van der Waals surface area (Å²) in [6.07, 6.45) is 7.97. The number of rotatable bonds is 5. The second-order valence-corrected chi connectivity index (χ2v) is 6.92. The van der Waals surface area contributed by atoms with E-state index < -0.39 is 0 Å². The molecule has 0 atom stereocenters. The third-order valence-electron chi connectivity index (χ3n) is 4.96. The van der Waals surface area contributed by atoms with Crippen molar-refractivity contribution in [1.29, 1.82) is 0 Å². The third-order valence-corrected chi connectivity index (χ3v) is 4.96. The number of nitrogens with two attached hydrogens (primary N) is 1. The van der Waals surface area contributed by atoms with E-state index in [1.54, 1.807) is 0 Å². The van der Waals surface area contributed by atoms with Crippen molar-refractivity contribution in [3.8, 4) is 0 Å². The lowest BCUT2D eigenvalue weighted by Crippen LogP contribution is -2.41. The standard InChI is InChI=1S/C19H28N4O/c20-19(22-17-5-2-1-3-6-17)21-13-15-8-10-16(11-9-15)14-23-12-4-7-18(23)24/h8-11,17H,1-7,12-14H2,(H3,20,21,22). The molecule has 24 heavy (non-hydrogen) atoms. The summed E-state index contributed by atoms with van der Waals surface area (Å²) in [4.78, 5) is 18.1. The highest BCUT2D eigenvalue weighted by molar-refractivity contribution is 5.78. The Bertz CT molecular complexity index is 576. The van der Waals surface area contributed by atoms with Crippen molar-refractivity contribution in [1.82, 2.24) is 10.2 Å². The van der Waals surface area contributed by atoms with Gasteiger partial charge in [0.15, 0.2) is 5.96 Å². The molecule has 2 fully saturated rings. The highest BCUT2D eigenvalue weighted by atomic mass is 16.2. The van der Waals surface area contributed by atoms with Crippen LogP contribution in [-0.2, 0) is 17.9 Å². The van der Waals surface area contributed by atoms with Crippen LogP contribution in [0.5, 0.6) is 0 Å². The average Bonchev–Trinajstić information content (AvgIpc) is 3.00. The van der Waals surface area contributed by atoms with Crippen LogP contribution >= 0.6 is 0 Å². The number of hydrogen-bond acceptors (Lipinski definition) is 2. The second-order valence-electron chi connectivity index (χ2n) is 6.92. The summed E-state index contributed by atoms with van der Waals surface area (Å²) in [6.45, 7) is 2.19. The summed E-state index contributed by atoms with van der Waals surface area (Å²) in [5.41, 5.74) is 8.31. The van der Waals surface area contributed by atoms with Crippen molar-refractivity contribution in [2.24, 2.45) is 10.7 Å². The predicted octanol–water partition coefficient (Wildman–Crippen LogP) is 2.55. The Labute approximate surface area is 144 Å². The highest BCUT2D eigenvalue weighted by Gasteiger charge is 2.19. The molecule has 1 aliphatic carbocycles. The number of amides is 1. The van der Waals surface area contributed by atoms with Crippen LogP contribution in [0.4, 0.5) is 0 Å². The number of hydrogen-bond donors (Lipinski definition) is 2. The summed E-state index contributed by atoms with van der Waals surface area (Å²) in [6, 6.07) is 8.81. The van der Waals surface area contributed by atoms with E-state index in [0.717, 1.165) is 18.5 Å². The van der Waals surface area contributed by atoms with Gasteiger partial charge in [-0.25, -0.2) is 4.99 Å². The molecular formula is C19H28N4O. The molecule has 1 aromatic carbocycles. The van der Waals surface area contributed by atoms with Crippen molar-refractivity contribution in [3.63, 3.8) is 0 Å². The maximum absolute atomic E-state index is 11.7. The van der Waals surface area contributed by atoms with Gasteiger partial charge in [-0.2, -0.15) is 0 Å². The summed E-state index contributed by atoms with van der Waals surface area (Å²) in [5.74, 6) is 0.818. The lowest BCUT2D eigenvalue weighted by molar-refractivity contribution is -0.128. The maximum atomic E-state index is 11.7. The van der Waals surface area contributed by atoms with Crippen molar-refractivity contribution >= 4 is 11.9 Å². The van der Waals surface area contributed by atoms with Gasteiger partial charge in [0.05, 0.1) is 6.54 Å². The fraction of sp³-hybridized carbons (Fsp3) is 0.579. The van der Waals surface area contributed by atoms with Gasteiger partial charge >= 0.3 is 0 Å². The monoisotopic (exact) mass is 328 g/mol. The molecule has 1 heterocycles. The molecule has 3 N–H and O–H groups in total. The number of nitrogens with zero attached hydrogens (tertiary/aromatic N) is 2. The fourth-order valence-corrected chi connectivity index (χ4v) is 3.52. The van der Waals surface area contributed by atoms with Gasteiger partial charge in [0, 0.05) is 25.6 Å². The van der Waals surface area contributed by atoms with E-state index >= 15 is 0 Å². The number of aliphatic imine (C=N–C) groups is 1. The Morgan fingerprint density at radius 1 is 1.12 bits per heavy atom. The lowest BCUT2D eigenvalue weighted by atomic mass is 9.96. The average molecular weight is 328 g/mol. The molecule has 5 heteroatoms. The molecule has 130 valence electrons. The Kier molecular flexibility index (Phi) is 5.72. The van der Waals surface area contributed by atoms with Crippen LogP contribution in [0.15, 0.2) is 29.3 Å². The van der Waals surface area contributed by atoms with Gasteiger partial charge in [-0.05, 0) is 30.4 Å². The van der Waals surface area contributed by atoms with Crippen LogP contribution in [0, 0.1) is 0 Å². The van der Waals surface area contributed by atoms with Gasteiger partial charge < -0.3 is 16.0 Å². The van der Waals surface area contributed by atoms with Gasteiger partial charge in [0.25, 0.3) is 0 Å². The highest BCUT2D eigenvalue weighted by Crippen LogP contribution is 2.17. The summed E-state index contributed by atoms with van der Waals surface area (Å²) in [5, 5.41) is 3.34. The first-order chi connectivity index (χ1) is 11.7. The van der Waals surface area contributed by atoms with Gasteiger partial charge in [-0.1, -0.05) is 43.5 Å². The number of guanidine groups is 1. The SMILES string of the molecule is NC(=NCc1ccc(CN2CCCC2=O)cc1)NC1CCCCC1. The predicted molar refractivity (Wildman–Crippen MR) is 96.4 cm³/mol. The number of likely N-dealkylation sites (tertiary alicyclic amines) is 1. The van der Waals surface area contributed by atoms with Gasteiger partial charge in [-0.3, -0.25) is 4.79 Å². The van der Waals surface area contributed by atoms with Gasteiger partial charge in [0.1, 0.15) is 0 Å². The molecule has 1 aromatic rings. The summed E-state index contributed by atoms with van der Waals surface area (Å²) >= 11 is 0.